The molecule has 22 heavy (non-hydrogen) atoms. The van der Waals surface area contributed by atoms with E-state index in [2.05, 4.69) is 26.0 Å². The van der Waals surface area contributed by atoms with E-state index in [1.165, 1.54) is 5.56 Å². The van der Waals surface area contributed by atoms with Crippen molar-refractivity contribution in [2.24, 2.45) is 0 Å². The molecule has 2 rings (SSSR count). The average Bonchev–Trinajstić information content (AvgIpc) is 2.50. The number of halogens is 1. The molecular formula is C19H23ClO2. The Hall–Kier alpha value is -1.51. The Morgan fingerprint density at radius 1 is 1.05 bits per heavy atom. The standard InChI is InChI=1S/C19H23ClO2/c1-14(2)16-6-10-18(11-7-16)22-19(3,13-21)12-15-4-8-17(20)9-5-15/h4-11,14,21H,12-13H2,1-3H3/t19-/m0/s1. The third-order valence-electron chi connectivity index (χ3n) is 3.74. The van der Waals surface area contributed by atoms with E-state index in [4.69, 9.17) is 16.3 Å². The van der Waals surface area contributed by atoms with E-state index >= 15 is 0 Å². The SMILES string of the molecule is CC(C)c1ccc(O[C@](C)(CO)Cc2ccc(Cl)cc2)cc1. The van der Waals surface area contributed by atoms with Gasteiger partial charge in [0.2, 0.25) is 0 Å². The summed E-state index contributed by atoms with van der Waals surface area (Å²) in [5, 5.41) is 10.5. The van der Waals surface area contributed by atoms with Crippen molar-refractivity contribution in [3.05, 3.63) is 64.7 Å². The maximum Gasteiger partial charge on any atom is 0.133 e. The van der Waals surface area contributed by atoms with Gasteiger partial charge in [-0.3, -0.25) is 0 Å². The lowest BCUT2D eigenvalue weighted by atomic mass is 9.97. The van der Waals surface area contributed by atoms with Crippen LogP contribution in [0.2, 0.25) is 5.02 Å². The monoisotopic (exact) mass is 318 g/mol. The molecule has 0 heterocycles. The summed E-state index contributed by atoms with van der Waals surface area (Å²) in [5.74, 6) is 1.27. The summed E-state index contributed by atoms with van der Waals surface area (Å²) in [6.45, 7) is 6.18. The second-order valence-electron chi connectivity index (χ2n) is 6.24. The zero-order chi connectivity index (χ0) is 16.2. The van der Waals surface area contributed by atoms with E-state index in [1.54, 1.807) is 0 Å². The fraction of sp³-hybridized carbons (Fsp3) is 0.368. The minimum Gasteiger partial charge on any atom is -0.485 e. The highest BCUT2D eigenvalue weighted by molar-refractivity contribution is 6.30. The van der Waals surface area contributed by atoms with E-state index in [0.29, 0.717) is 17.4 Å². The zero-order valence-electron chi connectivity index (χ0n) is 13.3. The lowest BCUT2D eigenvalue weighted by Gasteiger charge is -2.29. The summed E-state index contributed by atoms with van der Waals surface area (Å²) in [4.78, 5) is 0. The average molecular weight is 319 g/mol. The largest absolute Gasteiger partial charge is 0.485 e. The molecule has 1 atom stereocenters. The molecule has 0 aliphatic rings. The minimum atomic E-state index is -0.660. The molecule has 0 amide bonds. The number of ether oxygens (including phenoxy) is 1. The number of rotatable bonds is 6. The van der Waals surface area contributed by atoms with Crippen molar-refractivity contribution in [1.29, 1.82) is 0 Å². The normalized spacial score (nSPS) is 13.9. The second kappa shape index (κ2) is 7.17. The van der Waals surface area contributed by atoms with Crippen molar-refractivity contribution in [2.75, 3.05) is 6.61 Å². The molecule has 0 saturated carbocycles. The van der Waals surface area contributed by atoms with Crippen molar-refractivity contribution < 1.29 is 9.84 Å². The third-order valence-corrected chi connectivity index (χ3v) is 3.99. The molecule has 0 aliphatic heterocycles. The first kappa shape index (κ1) is 16.9. The van der Waals surface area contributed by atoms with Crippen LogP contribution in [-0.2, 0) is 6.42 Å². The molecule has 0 unspecified atom stereocenters. The highest BCUT2D eigenvalue weighted by atomic mass is 35.5. The van der Waals surface area contributed by atoms with Gasteiger partial charge in [0, 0.05) is 11.4 Å². The summed E-state index contributed by atoms with van der Waals surface area (Å²) in [5.41, 5.74) is 1.70. The van der Waals surface area contributed by atoms with Gasteiger partial charge in [-0.15, -0.1) is 0 Å². The first-order valence-corrected chi connectivity index (χ1v) is 7.94. The van der Waals surface area contributed by atoms with Crippen molar-refractivity contribution in [1.82, 2.24) is 0 Å². The molecule has 0 bridgehead atoms. The van der Waals surface area contributed by atoms with Gasteiger partial charge in [0.15, 0.2) is 0 Å². The maximum atomic E-state index is 9.75. The van der Waals surface area contributed by atoms with E-state index in [0.717, 1.165) is 11.3 Å². The van der Waals surface area contributed by atoms with Gasteiger partial charge in [0.25, 0.3) is 0 Å². The summed E-state index contributed by atoms with van der Waals surface area (Å²) in [6.07, 6.45) is 0.618. The van der Waals surface area contributed by atoms with Crippen LogP contribution in [0.15, 0.2) is 48.5 Å². The first-order chi connectivity index (χ1) is 10.4. The van der Waals surface area contributed by atoms with Gasteiger partial charge < -0.3 is 9.84 Å². The van der Waals surface area contributed by atoms with E-state index in [-0.39, 0.29) is 6.61 Å². The van der Waals surface area contributed by atoms with Crippen molar-refractivity contribution >= 4 is 11.6 Å². The molecule has 0 fully saturated rings. The maximum absolute atomic E-state index is 9.75. The lowest BCUT2D eigenvalue weighted by Crippen LogP contribution is -2.39. The van der Waals surface area contributed by atoms with E-state index in [9.17, 15) is 5.11 Å². The Bertz CT molecular complexity index is 590. The number of benzene rings is 2. The van der Waals surface area contributed by atoms with Gasteiger partial charge in [0.1, 0.15) is 11.4 Å². The third kappa shape index (κ3) is 4.49. The highest BCUT2D eigenvalue weighted by Gasteiger charge is 2.26. The molecule has 2 aromatic rings. The Morgan fingerprint density at radius 2 is 1.64 bits per heavy atom. The van der Waals surface area contributed by atoms with Crippen LogP contribution in [0.25, 0.3) is 0 Å². The van der Waals surface area contributed by atoms with Gasteiger partial charge in [-0.1, -0.05) is 49.7 Å². The molecule has 0 radical (unpaired) electrons. The molecule has 0 spiro atoms. The van der Waals surface area contributed by atoms with Crippen LogP contribution in [0.1, 0.15) is 37.8 Å². The molecular weight excluding hydrogens is 296 g/mol. The van der Waals surface area contributed by atoms with Gasteiger partial charge in [-0.2, -0.15) is 0 Å². The summed E-state index contributed by atoms with van der Waals surface area (Å²) in [7, 11) is 0. The quantitative estimate of drug-likeness (QED) is 0.826. The first-order valence-electron chi connectivity index (χ1n) is 7.56. The Labute approximate surface area is 137 Å². The molecule has 0 saturated heterocycles. The Balaban J connectivity index is 2.10. The fourth-order valence-corrected chi connectivity index (χ4v) is 2.49. The Kier molecular flexibility index (Phi) is 5.49. The van der Waals surface area contributed by atoms with Crippen LogP contribution >= 0.6 is 11.6 Å². The number of hydrogen-bond acceptors (Lipinski definition) is 2. The van der Waals surface area contributed by atoms with Gasteiger partial charge in [0.05, 0.1) is 6.61 Å². The molecule has 2 aromatic carbocycles. The molecule has 1 N–H and O–H groups in total. The van der Waals surface area contributed by atoms with Gasteiger partial charge in [-0.05, 0) is 48.2 Å². The van der Waals surface area contributed by atoms with Gasteiger partial charge >= 0.3 is 0 Å². The number of aliphatic hydroxyl groups excluding tert-OH is 1. The van der Waals surface area contributed by atoms with Crippen molar-refractivity contribution in [3.63, 3.8) is 0 Å². The molecule has 3 heteroatoms. The molecule has 0 aromatic heterocycles. The van der Waals surface area contributed by atoms with Crippen LogP contribution in [0.4, 0.5) is 0 Å². The second-order valence-corrected chi connectivity index (χ2v) is 6.67. The smallest absolute Gasteiger partial charge is 0.133 e. The summed E-state index contributed by atoms with van der Waals surface area (Å²) >= 11 is 5.91. The summed E-state index contributed by atoms with van der Waals surface area (Å²) in [6, 6.07) is 15.7. The zero-order valence-corrected chi connectivity index (χ0v) is 14.1. The van der Waals surface area contributed by atoms with E-state index in [1.807, 2.05) is 43.3 Å². The fourth-order valence-electron chi connectivity index (χ4n) is 2.36. The van der Waals surface area contributed by atoms with E-state index < -0.39 is 5.60 Å². The van der Waals surface area contributed by atoms with Crippen molar-refractivity contribution in [3.8, 4) is 5.75 Å². The van der Waals surface area contributed by atoms with Crippen molar-refractivity contribution in [2.45, 2.75) is 38.7 Å². The predicted octanol–water partition coefficient (Wildman–Crippen LogP) is 4.84. The van der Waals surface area contributed by atoms with Crippen LogP contribution in [0.3, 0.4) is 0 Å². The predicted molar refractivity (Wildman–Crippen MR) is 91.8 cm³/mol. The number of hydrogen-bond donors (Lipinski definition) is 1. The van der Waals surface area contributed by atoms with Crippen LogP contribution in [0.5, 0.6) is 5.75 Å². The molecule has 118 valence electrons. The Morgan fingerprint density at radius 3 is 2.14 bits per heavy atom. The lowest BCUT2D eigenvalue weighted by molar-refractivity contribution is 0.0253. The summed E-state index contributed by atoms with van der Waals surface area (Å²) < 4.78 is 6.04. The number of aliphatic hydroxyl groups is 1. The molecule has 0 aliphatic carbocycles. The minimum absolute atomic E-state index is 0.0540. The highest BCUT2D eigenvalue weighted by Crippen LogP contribution is 2.25. The topological polar surface area (TPSA) is 29.5 Å². The van der Waals surface area contributed by atoms with Crippen LogP contribution in [-0.4, -0.2) is 17.3 Å². The van der Waals surface area contributed by atoms with Crippen LogP contribution in [0, 0.1) is 0 Å². The van der Waals surface area contributed by atoms with Crippen LogP contribution < -0.4 is 4.74 Å². The van der Waals surface area contributed by atoms with Gasteiger partial charge in [-0.25, -0.2) is 0 Å². The molecule has 2 nitrogen and oxygen atoms in total.